The Labute approximate surface area is 170 Å². The SMILES string of the molecule is CCOCCCn1c(N=Nc2c(O)[nH]c3ccc(F)cc23)nc2ccccc2c1=O. The van der Waals surface area contributed by atoms with E-state index in [4.69, 9.17) is 4.74 Å². The lowest BCUT2D eigenvalue weighted by Gasteiger charge is -2.10. The summed E-state index contributed by atoms with van der Waals surface area (Å²) < 4.78 is 20.4. The predicted octanol–water partition coefficient (Wildman–Crippen LogP) is 4.56. The minimum absolute atomic E-state index is 0.0766. The van der Waals surface area contributed by atoms with Crippen molar-refractivity contribution in [2.75, 3.05) is 13.2 Å². The second kappa shape index (κ2) is 8.42. The lowest BCUT2D eigenvalue weighted by molar-refractivity contribution is 0.141. The van der Waals surface area contributed by atoms with Gasteiger partial charge in [0, 0.05) is 25.1 Å². The first kappa shape index (κ1) is 19.7. The van der Waals surface area contributed by atoms with Crippen molar-refractivity contribution in [2.45, 2.75) is 19.9 Å². The van der Waals surface area contributed by atoms with Gasteiger partial charge in [-0.3, -0.25) is 9.36 Å². The van der Waals surface area contributed by atoms with Crippen LogP contribution in [-0.2, 0) is 11.3 Å². The van der Waals surface area contributed by atoms with Crippen LogP contribution in [0.3, 0.4) is 0 Å². The van der Waals surface area contributed by atoms with Gasteiger partial charge in [-0.2, -0.15) is 0 Å². The maximum Gasteiger partial charge on any atom is 0.262 e. The summed E-state index contributed by atoms with van der Waals surface area (Å²) >= 11 is 0. The zero-order valence-corrected chi connectivity index (χ0v) is 16.3. The van der Waals surface area contributed by atoms with Gasteiger partial charge in [0.2, 0.25) is 5.88 Å². The summed E-state index contributed by atoms with van der Waals surface area (Å²) in [6, 6.07) is 11.0. The van der Waals surface area contributed by atoms with Gasteiger partial charge < -0.3 is 14.8 Å². The average molecular weight is 409 g/mol. The summed E-state index contributed by atoms with van der Waals surface area (Å²) in [5.74, 6) is -0.611. The van der Waals surface area contributed by atoms with Crippen LogP contribution in [-0.4, -0.2) is 32.9 Å². The van der Waals surface area contributed by atoms with Crippen molar-refractivity contribution in [3.8, 4) is 5.88 Å². The van der Waals surface area contributed by atoms with E-state index >= 15 is 0 Å². The number of hydrogen-bond acceptors (Lipinski definition) is 6. The second-order valence-corrected chi connectivity index (χ2v) is 6.65. The van der Waals surface area contributed by atoms with Crippen LogP contribution in [0.4, 0.5) is 16.0 Å². The Kier molecular flexibility index (Phi) is 5.53. The highest BCUT2D eigenvalue weighted by molar-refractivity contribution is 5.94. The highest BCUT2D eigenvalue weighted by atomic mass is 19.1. The fourth-order valence-corrected chi connectivity index (χ4v) is 3.23. The fourth-order valence-electron chi connectivity index (χ4n) is 3.23. The Bertz CT molecular complexity index is 1300. The number of halogens is 1. The minimum atomic E-state index is -0.463. The molecule has 0 fully saturated rings. The third-order valence-electron chi connectivity index (χ3n) is 4.67. The first-order valence-electron chi connectivity index (χ1n) is 9.57. The van der Waals surface area contributed by atoms with Crippen molar-refractivity contribution in [3.63, 3.8) is 0 Å². The molecule has 2 aromatic heterocycles. The van der Waals surface area contributed by atoms with Gasteiger partial charge in [0.1, 0.15) is 5.82 Å². The number of ether oxygens (including phenoxy) is 1. The lowest BCUT2D eigenvalue weighted by atomic mass is 10.2. The normalized spacial score (nSPS) is 11.8. The van der Waals surface area contributed by atoms with E-state index in [1.165, 1.54) is 22.8 Å². The largest absolute Gasteiger partial charge is 0.493 e. The monoisotopic (exact) mass is 409 g/mol. The van der Waals surface area contributed by atoms with Gasteiger partial charge in [0.25, 0.3) is 11.5 Å². The van der Waals surface area contributed by atoms with Crippen LogP contribution in [0.1, 0.15) is 13.3 Å². The first-order chi connectivity index (χ1) is 14.6. The molecule has 0 spiro atoms. The molecule has 4 aromatic rings. The van der Waals surface area contributed by atoms with E-state index < -0.39 is 5.82 Å². The summed E-state index contributed by atoms with van der Waals surface area (Å²) in [4.78, 5) is 20.2. The van der Waals surface area contributed by atoms with E-state index in [0.29, 0.717) is 48.0 Å². The molecule has 0 amide bonds. The second-order valence-electron chi connectivity index (χ2n) is 6.65. The molecule has 0 unspecified atom stereocenters. The molecule has 0 aliphatic heterocycles. The lowest BCUT2D eigenvalue weighted by Crippen LogP contribution is -2.22. The zero-order valence-electron chi connectivity index (χ0n) is 16.3. The molecule has 30 heavy (non-hydrogen) atoms. The quantitative estimate of drug-likeness (QED) is 0.345. The molecule has 8 nitrogen and oxygen atoms in total. The summed E-state index contributed by atoms with van der Waals surface area (Å²) in [6.07, 6.45) is 0.597. The van der Waals surface area contributed by atoms with Gasteiger partial charge in [-0.05, 0) is 43.7 Å². The number of aromatic amines is 1. The van der Waals surface area contributed by atoms with Gasteiger partial charge in [-0.1, -0.05) is 12.1 Å². The van der Waals surface area contributed by atoms with Crippen LogP contribution in [0.25, 0.3) is 21.8 Å². The Morgan fingerprint density at radius 3 is 2.87 bits per heavy atom. The third kappa shape index (κ3) is 3.79. The molecule has 2 N–H and O–H groups in total. The number of fused-ring (bicyclic) bond motifs is 2. The van der Waals surface area contributed by atoms with Crippen LogP contribution in [0.15, 0.2) is 57.5 Å². The minimum Gasteiger partial charge on any atom is -0.493 e. The summed E-state index contributed by atoms with van der Waals surface area (Å²) in [7, 11) is 0. The number of H-pyrrole nitrogens is 1. The van der Waals surface area contributed by atoms with E-state index in [-0.39, 0.29) is 23.1 Å². The molecule has 0 aliphatic rings. The Morgan fingerprint density at radius 1 is 1.20 bits per heavy atom. The van der Waals surface area contributed by atoms with Crippen molar-refractivity contribution in [1.29, 1.82) is 0 Å². The first-order valence-corrected chi connectivity index (χ1v) is 9.57. The summed E-state index contributed by atoms with van der Waals surface area (Å²) in [6.45, 7) is 3.34. The molecular formula is C21H20FN5O3. The number of aromatic hydroxyl groups is 1. The number of para-hydroxylation sites is 1. The van der Waals surface area contributed by atoms with Crippen molar-refractivity contribution >= 4 is 33.4 Å². The Balaban J connectivity index is 1.78. The Hall–Kier alpha value is -3.59. The van der Waals surface area contributed by atoms with Crippen LogP contribution >= 0.6 is 0 Å². The number of benzene rings is 2. The highest BCUT2D eigenvalue weighted by Crippen LogP contribution is 2.36. The fraction of sp³-hybridized carbons (Fsp3) is 0.238. The molecule has 0 saturated carbocycles. The van der Waals surface area contributed by atoms with Crippen molar-refractivity contribution < 1.29 is 14.2 Å². The van der Waals surface area contributed by atoms with Crippen molar-refractivity contribution in [3.05, 3.63) is 58.6 Å². The van der Waals surface area contributed by atoms with E-state index in [1.54, 1.807) is 24.3 Å². The van der Waals surface area contributed by atoms with Crippen LogP contribution in [0.2, 0.25) is 0 Å². The number of nitrogens with one attached hydrogen (secondary N) is 1. The molecule has 2 heterocycles. The molecule has 0 aliphatic carbocycles. The van der Waals surface area contributed by atoms with Gasteiger partial charge >= 0.3 is 0 Å². The van der Waals surface area contributed by atoms with Gasteiger partial charge in [0.05, 0.1) is 16.4 Å². The number of rotatable bonds is 7. The Morgan fingerprint density at radius 2 is 2.03 bits per heavy atom. The van der Waals surface area contributed by atoms with E-state index in [1.807, 2.05) is 6.92 Å². The number of nitrogens with zero attached hydrogens (tertiary/aromatic N) is 4. The molecule has 0 radical (unpaired) electrons. The summed E-state index contributed by atoms with van der Waals surface area (Å²) in [5, 5.41) is 19.2. The molecule has 0 atom stereocenters. The van der Waals surface area contributed by atoms with Crippen LogP contribution in [0.5, 0.6) is 5.88 Å². The molecule has 9 heteroatoms. The molecule has 154 valence electrons. The molecule has 2 aromatic carbocycles. The van der Waals surface area contributed by atoms with Gasteiger partial charge in [0.15, 0.2) is 5.69 Å². The smallest absolute Gasteiger partial charge is 0.262 e. The maximum absolute atomic E-state index is 13.6. The van der Waals surface area contributed by atoms with Crippen molar-refractivity contribution in [1.82, 2.24) is 14.5 Å². The standard InChI is InChI=1S/C21H20FN5O3/c1-2-30-11-5-10-27-20(29)14-6-3-4-7-16(14)24-21(27)26-25-18-15-12-13(22)8-9-17(15)23-19(18)28/h3-4,6-9,12,23,28H,2,5,10-11H2,1H3. The van der Waals surface area contributed by atoms with E-state index in [2.05, 4.69) is 20.2 Å². The molecule has 4 rings (SSSR count). The molecule has 0 bridgehead atoms. The van der Waals surface area contributed by atoms with Crippen molar-refractivity contribution in [2.24, 2.45) is 10.2 Å². The average Bonchev–Trinajstić information content (AvgIpc) is 3.05. The zero-order chi connectivity index (χ0) is 21.1. The molecular weight excluding hydrogens is 389 g/mol. The predicted molar refractivity (Wildman–Crippen MR) is 111 cm³/mol. The molecule has 0 saturated heterocycles. The van der Waals surface area contributed by atoms with Crippen LogP contribution in [0, 0.1) is 5.82 Å². The number of azo groups is 1. The van der Waals surface area contributed by atoms with Crippen LogP contribution < -0.4 is 5.56 Å². The summed E-state index contributed by atoms with van der Waals surface area (Å²) in [5.41, 5.74) is 0.850. The van der Waals surface area contributed by atoms with Gasteiger partial charge in [-0.15, -0.1) is 10.2 Å². The maximum atomic E-state index is 13.6. The van der Waals surface area contributed by atoms with E-state index in [0.717, 1.165) is 0 Å². The third-order valence-corrected chi connectivity index (χ3v) is 4.67. The number of hydrogen-bond donors (Lipinski definition) is 2. The topological polar surface area (TPSA) is 105 Å². The number of aromatic nitrogens is 3. The van der Waals surface area contributed by atoms with E-state index in [9.17, 15) is 14.3 Å². The van der Waals surface area contributed by atoms with Gasteiger partial charge in [-0.25, -0.2) is 9.37 Å². The highest BCUT2D eigenvalue weighted by Gasteiger charge is 2.14.